The molecule has 0 aromatic rings. The van der Waals surface area contributed by atoms with Gasteiger partial charge in [0.05, 0.1) is 6.10 Å². The van der Waals surface area contributed by atoms with Crippen molar-refractivity contribution < 1.29 is 19.4 Å². The molecule has 3 saturated heterocycles. The number of hydrogen-bond acceptors (Lipinski definition) is 5. The van der Waals surface area contributed by atoms with Crippen molar-refractivity contribution in [2.24, 2.45) is 11.3 Å². The highest BCUT2D eigenvalue weighted by molar-refractivity contribution is 6.35. The molecule has 2 amide bonds. The first-order chi connectivity index (χ1) is 12.1. The highest BCUT2D eigenvalue weighted by Gasteiger charge is 2.41. The van der Waals surface area contributed by atoms with Crippen LogP contribution in [0.2, 0.25) is 0 Å². The summed E-state index contributed by atoms with van der Waals surface area (Å²) in [6.07, 6.45) is 5.04. The van der Waals surface area contributed by atoms with Gasteiger partial charge in [0.1, 0.15) is 0 Å². The number of likely N-dealkylation sites (tertiary alicyclic amines) is 1. The number of hydrogen-bond donors (Lipinski definition) is 3. The molecular formula is C18H31N3O4. The Labute approximate surface area is 149 Å². The monoisotopic (exact) mass is 353 g/mol. The maximum atomic E-state index is 12.4. The van der Waals surface area contributed by atoms with E-state index in [2.05, 4.69) is 10.6 Å². The Morgan fingerprint density at radius 3 is 2.60 bits per heavy atom. The van der Waals surface area contributed by atoms with E-state index in [1.54, 1.807) is 0 Å². The molecule has 7 heteroatoms. The van der Waals surface area contributed by atoms with E-state index in [1.807, 2.05) is 0 Å². The minimum atomic E-state index is -0.533. The quantitative estimate of drug-likeness (QED) is 0.616. The summed E-state index contributed by atoms with van der Waals surface area (Å²) in [7, 11) is 0. The van der Waals surface area contributed by atoms with Crippen molar-refractivity contribution in [1.29, 1.82) is 0 Å². The van der Waals surface area contributed by atoms with Gasteiger partial charge in [0.2, 0.25) is 0 Å². The molecule has 0 spiro atoms. The SMILES string of the molecule is O=C(NCC1(C2CCNCC2)CCOCC1)C(=O)N1CCC[C@@H](O)C1. The zero-order valence-corrected chi connectivity index (χ0v) is 15.0. The number of nitrogens with one attached hydrogen (secondary N) is 2. The number of nitrogens with zero attached hydrogens (tertiary/aromatic N) is 1. The van der Waals surface area contributed by atoms with E-state index in [-0.39, 0.29) is 12.0 Å². The molecule has 1 atom stereocenters. The number of amides is 2. The molecule has 25 heavy (non-hydrogen) atoms. The van der Waals surface area contributed by atoms with Crippen LogP contribution in [0.3, 0.4) is 0 Å². The summed E-state index contributed by atoms with van der Waals surface area (Å²) in [5.74, 6) is -0.481. The van der Waals surface area contributed by atoms with Crippen molar-refractivity contribution in [3.05, 3.63) is 0 Å². The molecule has 3 N–H and O–H groups in total. The Morgan fingerprint density at radius 2 is 1.92 bits per heavy atom. The van der Waals surface area contributed by atoms with Crippen LogP contribution in [0.25, 0.3) is 0 Å². The fraction of sp³-hybridized carbons (Fsp3) is 0.889. The van der Waals surface area contributed by atoms with Crippen LogP contribution >= 0.6 is 0 Å². The number of carbonyl (C=O) groups excluding carboxylic acids is 2. The summed E-state index contributed by atoms with van der Waals surface area (Å²) >= 11 is 0. The third-order valence-electron chi connectivity index (χ3n) is 6.17. The average Bonchev–Trinajstić information content (AvgIpc) is 2.67. The van der Waals surface area contributed by atoms with E-state index >= 15 is 0 Å². The summed E-state index contributed by atoms with van der Waals surface area (Å²) in [6.45, 7) is 4.86. The standard InChI is InChI=1S/C18H31N3O4/c22-15-2-1-9-21(12-15)17(24)16(23)20-13-18(5-10-25-11-6-18)14-3-7-19-8-4-14/h14-15,19,22H,1-13H2,(H,20,23)/t15-/m1/s1. The predicted octanol–water partition coefficient (Wildman–Crippen LogP) is -0.118. The van der Waals surface area contributed by atoms with Gasteiger partial charge in [-0.25, -0.2) is 0 Å². The molecule has 0 saturated carbocycles. The second kappa shape index (κ2) is 8.47. The van der Waals surface area contributed by atoms with Crippen molar-refractivity contribution in [3.8, 4) is 0 Å². The largest absolute Gasteiger partial charge is 0.391 e. The number of carbonyl (C=O) groups is 2. The van der Waals surface area contributed by atoms with Gasteiger partial charge >= 0.3 is 11.8 Å². The number of aliphatic hydroxyl groups is 1. The zero-order chi connectivity index (χ0) is 17.7. The van der Waals surface area contributed by atoms with Crippen LogP contribution in [0.1, 0.15) is 38.5 Å². The van der Waals surface area contributed by atoms with Crippen LogP contribution in [0.5, 0.6) is 0 Å². The average molecular weight is 353 g/mol. The molecule has 0 aliphatic carbocycles. The topological polar surface area (TPSA) is 90.9 Å². The van der Waals surface area contributed by atoms with Crippen LogP contribution in [0.4, 0.5) is 0 Å². The minimum absolute atomic E-state index is 0.0394. The number of piperidine rings is 2. The highest BCUT2D eigenvalue weighted by Crippen LogP contribution is 2.42. The van der Waals surface area contributed by atoms with Crippen molar-refractivity contribution >= 4 is 11.8 Å². The first-order valence-electron chi connectivity index (χ1n) is 9.64. The lowest BCUT2D eigenvalue weighted by Crippen LogP contribution is -2.53. The van der Waals surface area contributed by atoms with Gasteiger partial charge in [-0.1, -0.05) is 0 Å². The maximum absolute atomic E-state index is 12.4. The van der Waals surface area contributed by atoms with E-state index in [1.165, 1.54) is 4.90 Å². The normalized spacial score (nSPS) is 27.7. The molecule has 142 valence electrons. The van der Waals surface area contributed by atoms with Crippen molar-refractivity contribution in [3.63, 3.8) is 0 Å². The van der Waals surface area contributed by atoms with Crippen molar-refractivity contribution in [1.82, 2.24) is 15.5 Å². The maximum Gasteiger partial charge on any atom is 0.311 e. The Kier molecular flexibility index (Phi) is 6.30. The molecule has 0 bridgehead atoms. The van der Waals surface area contributed by atoms with Crippen LogP contribution in [0, 0.1) is 11.3 Å². The molecule has 3 aliphatic rings. The molecule has 3 fully saturated rings. The second-order valence-corrected chi connectivity index (χ2v) is 7.73. The van der Waals surface area contributed by atoms with E-state index in [0.29, 0.717) is 25.4 Å². The third kappa shape index (κ3) is 4.51. The Morgan fingerprint density at radius 1 is 1.20 bits per heavy atom. The van der Waals surface area contributed by atoms with E-state index in [0.717, 1.165) is 58.4 Å². The van der Waals surface area contributed by atoms with Crippen LogP contribution < -0.4 is 10.6 Å². The first kappa shape index (κ1) is 18.6. The van der Waals surface area contributed by atoms with Crippen LogP contribution in [-0.4, -0.2) is 73.9 Å². The lowest BCUT2D eigenvalue weighted by atomic mass is 9.66. The molecule has 0 radical (unpaired) electrons. The molecule has 7 nitrogen and oxygen atoms in total. The smallest absolute Gasteiger partial charge is 0.311 e. The third-order valence-corrected chi connectivity index (χ3v) is 6.17. The molecule has 3 heterocycles. The van der Waals surface area contributed by atoms with Gasteiger partial charge in [-0.3, -0.25) is 9.59 Å². The lowest BCUT2D eigenvalue weighted by Gasteiger charge is -2.45. The summed E-state index contributed by atoms with van der Waals surface area (Å²) in [4.78, 5) is 26.2. The van der Waals surface area contributed by atoms with E-state index < -0.39 is 17.9 Å². The fourth-order valence-electron chi connectivity index (χ4n) is 4.56. The summed E-state index contributed by atoms with van der Waals surface area (Å²) in [6, 6.07) is 0. The van der Waals surface area contributed by atoms with Crippen LogP contribution in [0.15, 0.2) is 0 Å². The predicted molar refractivity (Wildman–Crippen MR) is 92.9 cm³/mol. The number of ether oxygens (including phenoxy) is 1. The second-order valence-electron chi connectivity index (χ2n) is 7.73. The number of aliphatic hydroxyl groups excluding tert-OH is 1. The molecule has 3 rings (SSSR count). The number of β-amino-alcohol motifs (C(OH)–C–C–N with tert-alkyl or cyclic N) is 1. The van der Waals surface area contributed by atoms with Gasteiger partial charge in [0.25, 0.3) is 0 Å². The first-order valence-corrected chi connectivity index (χ1v) is 9.64. The van der Waals surface area contributed by atoms with E-state index in [9.17, 15) is 14.7 Å². The van der Waals surface area contributed by atoms with Crippen molar-refractivity contribution in [2.45, 2.75) is 44.6 Å². The Hall–Kier alpha value is -1.18. The Balaban J connectivity index is 1.58. The lowest BCUT2D eigenvalue weighted by molar-refractivity contribution is -0.148. The number of rotatable bonds is 3. The van der Waals surface area contributed by atoms with Gasteiger partial charge in [-0.05, 0) is 62.9 Å². The highest BCUT2D eigenvalue weighted by atomic mass is 16.5. The van der Waals surface area contributed by atoms with Gasteiger partial charge in [-0.2, -0.15) is 0 Å². The Bertz CT molecular complexity index is 473. The zero-order valence-electron chi connectivity index (χ0n) is 15.0. The van der Waals surface area contributed by atoms with Crippen LogP contribution in [-0.2, 0) is 14.3 Å². The molecule has 0 unspecified atom stereocenters. The van der Waals surface area contributed by atoms with E-state index in [4.69, 9.17) is 4.74 Å². The molecule has 3 aliphatic heterocycles. The minimum Gasteiger partial charge on any atom is -0.391 e. The summed E-state index contributed by atoms with van der Waals surface area (Å²) in [5, 5.41) is 16.0. The molecule has 0 aromatic carbocycles. The van der Waals surface area contributed by atoms with Gasteiger partial charge < -0.3 is 25.4 Å². The van der Waals surface area contributed by atoms with Gasteiger partial charge in [-0.15, -0.1) is 0 Å². The van der Waals surface area contributed by atoms with Crippen molar-refractivity contribution in [2.75, 3.05) is 45.9 Å². The summed E-state index contributed by atoms with van der Waals surface area (Å²) < 4.78 is 5.55. The molecule has 0 aromatic heterocycles. The summed E-state index contributed by atoms with van der Waals surface area (Å²) in [5.41, 5.74) is 0.0394. The fourth-order valence-corrected chi connectivity index (χ4v) is 4.56. The van der Waals surface area contributed by atoms with Gasteiger partial charge in [0.15, 0.2) is 0 Å². The van der Waals surface area contributed by atoms with Gasteiger partial charge in [0, 0.05) is 32.8 Å². The molecular weight excluding hydrogens is 322 g/mol.